The van der Waals surface area contributed by atoms with E-state index < -0.39 is 0 Å². The summed E-state index contributed by atoms with van der Waals surface area (Å²) in [5.74, 6) is -0.149. The van der Waals surface area contributed by atoms with Gasteiger partial charge in [0.2, 0.25) is 0 Å². The molecule has 5 heteroatoms. The number of amides is 1. The second-order valence-corrected chi connectivity index (χ2v) is 4.84. The van der Waals surface area contributed by atoms with Crippen LogP contribution in [0.1, 0.15) is 23.3 Å². The predicted molar refractivity (Wildman–Crippen MR) is 62.2 cm³/mol. The number of carbonyl (C=O) groups is 1. The number of rotatable bonds is 2. The van der Waals surface area contributed by atoms with Crippen LogP contribution in [0.15, 0.2) is 27.2 Å². The molecular weight excluding hydrogens is 272 g/mol. The van der Waals surface area contributed by atoms with Crippen molar-refractivity contribution in [2.24, 2.45) is 0 Å². The Labute approximate surface area is 100 Å². The SMILES string of the molecule is O=C(NC1CC1)c1noc2cc(Br)ccc12. The second-order valence-electron chi connectivity index (χ2n) is 3.92. The third kappa shape index (κ3) is 1.71. The van der Waals surface area contributed by atoms with Gasteiger partial charge in [-0.15, -0.1) is 0 Å². The summed E-state index contributed by atoms with van der Waals surface area (Å²) in [5, 5.41) is 7.45. The Morgan fingerprint density at radius 2 is 2.31 bits per heavy atom. The molecule has 0 atom stereocenters. The van der Waals surface area contributed by atoms with Gasteiger partial charge in [-0.25, -0.2) is 0 Å². The quantitative estimate of drug-likeness (QED) is 0.920. The summed E-state index contributed by atoms with van der Waals surface area (Å²) in [5.41, 5.74) is 0.990. The molecule has 0 spiro atoms. The van der Waals surface area contributed by atoms with Gasteiger partial charge in [0, 0.05) is 10.5 Å². The highest BCUT2D eigenvalue weighted by Gasteiger charge is 2.26. The number of aromatic nitrogens is 1. The van der Waals surface area contributed by atoms with Crippen molar-refractivity contribution in [2.45, 2.75) is 18.9 Å². The van der Waals surface area contributed by atoms with Crippen molar-refractivity contribution in [3.8, 4) is 0 Å². The van der Waals surface area contributed by atoms with Crippen LogP contribution in [-0.2, 0) is 0 Å². The van der Waals surface area contributed by atoms with E-state index in [1.165, 1.54) is 0 Å². The third-order valence-corrected chi connectivity index (χ3v) is 3.05. The van der Waals surface area contributed by atoms with Crippen LogP contribution in [-0.4, -0.2) is 17.1 Å². The van der Waals surface area contributed by atoms with E-state index in [1.54, 1.807) is 6.07 Å². The summed E-state index contributed by atoms with van der Waals surface area (Å²) >= 11 is 3.34. The van der Waals surface area contributed by atoms with Crippen molar-refractivity contribution in [1.82, 2.24) is 10.5 Å². The molecule has 0 bridgehead atoms. The molecule has 4 nitrogen and oxygen atoms in total. The summed E-state index contributed by atoms with van der Waals surface area (Å²) in [7, 11) is 0. The van der Waals surface area contributed by atoms with Gasteiger partial charge in [-0.3, -0.25) is 4.79 Å². The van der Waals surface area contributed by atoms with Crippen LogP contribution in [0.4, 0.5) is 0 Å². The Morgan fingerprint density at radius 3 is 3.06 bits per heavy atom. The first-order valence-electron chi connectivity index (χ1n) is 5.10. The molecule has 2 aromatic rings. The summed E-state index contributed by atoms with van der Waals surface area (Å²) < 4.78 is 6.02. The van der Waals surface area contributed by atoms with E-state index in [-0.39, 0.29) is 5.91 Å². The van der Waals surface area contributed by atoms with Crippen LogP contribution in [0.2, 0.25) is 0 Å². The molecule has 1 aliphatic carbocycles. The number of halogens is 1. The molecule has 1 aromatic heterocycles. The van der Waals surface area contributed by atoms with E-state index in [0.717, 1.165) is 22.7 Å². The fourth-order valence-corrected chi connectivity index (χ4v) is 1.90. The van der Waals surface area contributed by atoms with Crippen molar-refractivity contribution in [3.63, 3.8) is 0 Å². The molecular formula is C11H9BrN2O2. The lowest BCUT2D eigenvalue weighted by atomic mass is 10.2. The zero-order valence-corrected chi connectivity index (χ0v) is 9.95. The van der Waals surface area contributed by atoms with Crippen LogP contribution >= 0.6 is 15.9 Å². The molecule has 1 saturated carbocycles. The Bertz CT molecular complexity index is 560. The summed E-state index contributed by atoms with van der Waals surface area (Å²) in [6.07, 6.45) is 2.13. The Morgan fingerprint density at radius 1 is 1.50 bits per heavy atom. The van der Waals surface area contributed by atoms with Crippen LogP contribution < -0.4 is 5.32 Å². The Kier molecular flexibility index (Phi) is 2.21. The molecule has 82 valence electrons. The number of benzene rings is 1. The van der Waals surface area contributed by atoms with Crippen molar-refractivity contribution in [3.05, 3.63) is 28.4 Å². The standard InChI is InChI=1S/C11H9BrN2O2/c12-6-1-4-8-9(5-6)16-14-10(8)11(15)13-7-2-3-7/h1,4-5,7H,2-3H2,(H,13,15). The minimum atomic E-state index is -0.149. The molecule has 1 aliphatic rings. The molecule has 1 aromatic carbocycles. The second kappa shape index (κ2) is 3.59. The van der Waals surface area contributed by atoms with Crippen LogP contribution in [0.25, 0.3) is 11.0 Å². The zero-order valence-electron chi connectivity index (χ0n) is 8.37. The maximum atomic E-state index is 11.8. The maximum Gasteiger partial charge on any atom is 0.274 e. The fraction of sp³-hybridized carbons (Fsp3) is 0.273. The van der Waals surface area contributed by atoms with E-state index in [0.29, 0.717) is 17.3 Å². The molecule has 1 heterocycles. The zero-order chi connectivity index (χ0) is 11.1. The van der Waals surface area contributed by atoms with E-state index in [4.69, 9.17) is 4.52 Å². The minimum absolute atomic E-state index is 0.149. The molecule has 1 fully saturated rings. The molecule has 3 rings (SSSR count). The molecule has 0 aliphatic heterocycles. The van der Waals surface area contributed by atoms with Gasteiger partial charge in [-0.05, 0) is 31.0 Å². The summed E-state index contributed by atoms with van der Waals surface area (Å²) in [6.45, 7) is 0. The molecule has 1 N–H and O–H groups in total. The Balaban J connectivity index is 1.99. The monoisotopic (exact) mass is 280 g/mol. The van der Waals surface area contributed by atoms with E-state index >= 15 is 0 Å². The average Bonchev–Trinajstić information content (AvgIpc) is 2.96. The lowest BCUT2D eigenvalue weighted by Crippen LogP contribution is -2.25. The van der Waals surface area contributed by atoms with E-state index in [1.807, 2.05) is 12.1 Å². The van der Waals surface area contributed by atoms with Gasteiger partial charge in [0.15, 0.2) is 11.3 Å². The normalized spacial score (nSPS) is 15.3. The molecule has 1 amide bonds. The number of fused-ring (bicyclic) bond motifs is 1. The smallest absolute Gasteiger partial charge is 0.274 e. The summed E-state index contributed by atoms with van der Waals surface area (Å²) in [6, 6.07) is 5.83. The van der Waals surface area contributed by atoms with Gasteiger partial charge in [0.25, 0.3) is 5.91 Å². The van der Waals surface area contributed by atoms with Crippen molar-refractivity contribution >= 4 is 32.8 Å². The number of nitrogens with zero attached hydrogens (tertiary/aromatic N) is 1. The van der Waals surface area contributed by atoms with E-state index in [9.17, 15) is 4.79 Å². The average molecular weight is 281 g/mol. The Hall–Kier alpha value is -1.36. The topological polar surface area (TPSA) is 55.1 Å². The first-order chi connectivity index (χ1) is 7.74. The van der Waals surface area contributed by atoms with Crippen molar-refractivity contribution in [2.75, 3.05) is 0 Å². The van der Waals surface area contributed by atoms with Crippen LogP contribution in [0, 0.1) is 0 Å². The molecule has 0 unspecified atom stereocenters. The number of nitrogens with one attached hydrogen (secondary N) is 1. The molecule has 0 saturated heterocycles. The predicted octanol–water partition coefficient (Wildman–Crippen LogP) is 2.48. The van der Waals surface area contributed by atoms with Gasteiger partial charge in [-0.1, -0.05) is 21.1 Å². The third-order valence-electron chi connectivity index (χ3n) is 2.56. The molecule has 16 heavy (non-hydrogen) atoms. The largest absolute Gasteiger partial charge is 0.355 e. The molecule has 0 radical (unpaired) electrons. The highest BCUT2D eigenvalue weighted by atomic mass is 79.9. The van der Waals surface area contributed by atoms with Crippen LogP contribution in [0.5, 0.6) is 0 Å². The van der Waals surface area contributed by atoms with Gasteiger partial charge in [0.1, 0.15) is 0 Å². The van der Waals surface area contributed by atoms with Gasteiger partial charge < -0.3 is 9.84 Å². The van der Waals surface area contributed by atoms with E-state index in [2.05, 4.69) is 26.4 Å². The first-order valence-corrected chi connectivity index (χ1v) is 5.89. The highest BCUT2D eigenvalue weighted by Crippen LogP contribution is 2.24. The lowest BCUT2D eigenvalue weighted by Gasteiger charge is -1.98. The highest BCUT2D eigenvalue weighted by molar-refractivity contribution is 9.10. The van der Waals surface area contributed by atoms with Crippen molar-refractivity contribution in [1.29, 1.82) is 0 Å². The van der Waals surface area contributed by atoms with Gasteiger partial charge in [0.05, 0.1) is 5.39 Å². The summed E-state index contributed by atoms with van der Waals surface area (Å²) in [4.78, 5) is 11.8. The van der Waals surface area contributed by atoms with Gasteiger partial charge >= 0.3 is 0 Å². The van der Waals surface area contributed by atoms with Crippen LogP contribution in [0.3, 0.4) is 0 Å². The lowest BCUT2D eigenvalue weighted by molar-refractivity contribution is 0.0943. The van der Waals surface area contributed by atoms with Gasteiger partial charge in [-0.2, -0.15) is 0 Å². The number of carbonyl (C=O) groups excluding carboxylic acids is 1. The first kappa shape index (κ1) is 9.84. The van der Waals surface area contributed by atoms with Crippen molar-refractivity contribution < 1.29 is 9.32 Å². The minimum Gasteiger partial charge on any atom is -0.355 e. The number of hydrogen-bond acceptors (Lipinski definition) is 3. The maximum absolute atomic E-state index is 11.8. The number of hydrogen-bond donors (Lipinski definition) is 1. The fourth-order valence-electron chi connectivity index (χ4n) is 1.56.